The number of hydrogen-bond acceptors (Lipinski definition) is 0. The van der Waals surface area contributed by atoms with Gasteiger partial charge in [-0.25, -0.2) is 8.78 Å². The van der Waals surface area contributed by atoms with E-state index < -0.39 is 5.92 Å². The highest BCUT2D eigenvalue weighted by Gasteiger charge is 2.27. The van der Waals surface area contributed by atoms with Gasteiger partial charge in [-0.1, -0.05) is 65.7 Å². The molecule has 0 amide bonds. The van der Waals surface area contributed by atoms with Crippen LogP contribution in [0.15, 0.2) is 0 Å². The SMILES string of the molecule is CCC.CCCCC(F)(F)CCCC1CCCC1. The van der Waals surface area contributed by atoms with Crippen LogP contribution in [0.3, 0.4) is 0 Å². The number of unbranched alkanes of at least 4 members (excludes halogenated alkanes) is 1. The highest BCUT2D eigenvalue weighted by Crippen LogP contribution is 2.32. The predicted octanol–water partition coefficient (Wildman–Crippen LogP) is 6.59. The molecule has 0 spiro atoms. The molecule has 0 aromatic rings. The van der Waals surface area contributed by atoms with Crippen molar-refractivity contribution in [3.05, 3.63) is 0 Å². The van der Waals surface area contributed by atoms with Gasteiger partial charge < -0.3 is 0 Å². The summed E-state index contributed by atoms with van der Waals surface area (Å²) in [4.78, 5) is 0. The van der Waals surface area contributed by atoms with Gasteiger partial charge in [0, 0.05) is 12.8 Å². The van der Waals surface area contributed by atoms with Gasteiger partial charge in [-0.2, -0.15) is 0 Å². The second kappa shape index (κ2) is 10.8. The minimum atomic E-state index is -2.39. The lowest BCUT2D eigenvalue weighted by molar-refractivity contribution is -0.0210. The van der Waals surface area contributed by atoms with Crippen molar-refractivity contribution in [3.8, 4) is 0 Å². The molecule has 1 fully saturated rings. The molecule has 0 unspecified atom stereocenters. The van der Waals surface area contributed by atoms with Gasteiger partial charge in [-0.3, -0.25) is 0 Å². The Morgan fingerprint density at radius 1 is 0.944 bits per heavy atom. The standard InChI is InChI=1S/C13H24F2.C3H8/c1-2-3-10-13(14,15)11-6-9-12-7-4-5-8-12;1-3-2/h12H,2-11H2,1H3;3H2,1-2H3. The molecular formula is C16H32F2. The molecule has 0 aromatic carbocycles. The van der Waals surface area contributed by atoms with Crippen LogP contribution in [0.25, 0.3) is 0 Å². The average Bonchev–Trinajstić information content (AvgIpc) is 2.80. The Bertz CT molecular complexity index is 172. The van der Waals surface area contributed by atoms with E-state index in [1.165, 1.54) is 32.1 Å². The second-order valence-electron chi connectivity index (χ2n) is 5.71. The van der Waals surface area contributed by atoms with Crippen molar-refractivity contribution in [3.63, 3.8) is 0 Å². The van der Waals surface area contributed by atoms with E-state index in [0.29, 0.717) is 6.42 Å². The number of hydrogen-bond donors (Lipinski definition) is 0. The summed E-state index contributed by atoms with van der Waals surface area (Å²) in [5, 5.41) is 0. The monoisotopic (exact) mass is 262 g/mol. The lowest BCUT2D eigenvalue weighted by Gasteiger charge is -2.16. The van der Waals surface area contributed by atoms with Gasteiger partial charge in [-0.05, 0) is 18.8 Å². The molecule has 0 bridgehead atoms. The third-order valence-corrected chi connectivity index (χ3v) is 3.53. The Morgan fingerprint density at radius 2 is 1.44 bits per heavy atom. The van der Waals surface area contributed by atoms with Crippen molar-refractivity contribution in [2.75, 3.05) is 0 Å². The molecule has 0 nitrogen and oxygen atoms in total. The second-order valence-corrected chi connectivity index (χ2v) is 5.71. The van der Waals surface area contributed by atoms with Gasteiger partial charge in [0.25, 0.3) is 0 Å². The first-order chi connectivity index (χ1) is 8.55. The first-order valence-electron chi connectivity index (χ1n) is 7.93. The van der Waals surface area contributed by atoms with Crippen LogP contribution in [-0.4, -0.2) is 5.92 Å². The lowest BCUT2D eigenvalue weighted by atomic mass is 9.97. The Kier molecular flexibility index (Phi) is 10.7. The van der Waals surface area contributed by atoms with E-state index >= 15 is 0 Å². The maximum absolute atomic E-state index is 13.3. The summed E-state index contributed by atoms with van der Waals surface area (Å²) in [5.41, 5.74) is 0. The Morgan fingerprint density at radius 3 is 1.94 bits per heavy atom. The minimum absolute atomic E-state index is 0.0914. The fraction of sp³-hybridized carbons (Fsp3) is 1.00. The van der Waals surface area contributed by atoms with Gasteiger partial charge in [-0.15, -0.1) is 0 Å². The minimum Gasteiger partial charge on any atom is -0.207 e. The first-order valence-corrected chi connectivity index (χ1v) is 7.93. The van der Waals surface area contributed by atoms with Gasteiger partial charge in [0.1, 0.15) is 0 Å². The molecule has 0 aromatic heterocycles. The molecule has 18 heavy (non-hydrogen) atoms. The zero-order chi connectivity index (χ0) is 13.9. The molecule has 0 aliphatic heterocycles. The van der Waals surface area contributed by atoms with Crippen molar-refractivity contribution in [2.45, 2.75) is 97.3 Å². The summed E-state index contributed by atoms with van der Waals surface area (Å²) in [5.74, 6) is -1.64. The van der Waals surface area contributed by atoms with Crippen LogP contribution in [0, 0.1) is 5.92 Å². The average molecular weight is 262 g/mol. The molecular weight excluding hydrogens is 230 g/mol. The van der Waals surface area contributed by atoms with Crippen LogP contribution in [-0.2, 0) is 0 Å². The smallest absolute Gasteiger partial charge is 0.207 e. The van der Waals surface area contributed by atoms with Crippen LogP contribution in [0.5, 0.6) is 0 Å². The maximum Gasteiger partial charge on any atom is 0.248 e. The van der Waals surface area contributed by atoms with Gasteiger partial charge in [0.05, 0.1) is 0 Å². The van der Waals surface area contributed by atoms with E-state index in [4.69, 9.17) is 0 Å². The molecule has 0 N–H and O–H groups in total. The quantitative estimate of drug-likeness (QED) is 0.485. The van der Waals surface area contributed by atoms with Crippen LogP contribution >= 0.6 is 0 Å². The van der Waals surface area contributed by atoms with E-state index in [1.807, 2.05) is 6.92 Å². The first kappa shape index (κ1) is 17.9. The van der Waals surface area contributed by atoms with E-state index in [-0.39, 0.29) is 12.8 Å². The molecule has 1 aliphatic rings. The Hall–Kier alpha value is -0.140. The van der Waals surface area contributed by atoms with Crippen molar-refractivity contribution >= 4 is 0 Å². The zero-order valence-electron chi connectivity index (χ0n) is 12.6. The van der Waals surface area contributed by atoms with Gasteiger partial charge in [0.2, 0.25) is 5.92 Å². The predicted molar refractivity (Wildman–Crippen MR) is 76.2 cm³/mol. The molecule has 1 saturated carbocycles. The van der Waals surface area contributed by atoms with E-state index in [9.17, 15) is 8.78 Å². The summed E-state index contributed by atoms with van der Waals surface area (Å²) in [6, 6.07) is 0. The Labute approximate surface area is 113 Å². The zero-order valence-corrected chi connectivity index (χ0v) is 12.6. The third kappa shape index (κ3) is 9.85. The molecule has 0 radical (unpaired) electrons. The van der Waals surface area contributed by atoms with Crippen LogP contribution < -0.4 is 0 Å². The largest absolute Gasteiger partial charge is 0.248 e. The van der Waals surface area contributed by atoms with E-state index in [0.717, 1.165) is 25.2 Å². The van der Waals surface area contributed by atoms with E-state index in [2.05, 4.69) is 13.8 Å². The molecule has 0 saturated heterocycles. The topological polar surface area (TPSA) is 0 Å². The van der Waals surface area contributed by atoms with Crippen molar-refractivity contribution < 1.29 is 8.78 Å². The highest BCUT2D eigenvalue weighted by molar-refractivity contribution is 4.71. The highest BCUT2D eigenvalue weighted by atomic mass is 19.3. The summed E-state index contributed by atoms with van der Waals surface area (Å²) < 4.78 is 26.6. The van der Waals surface area contributed by atoms with Crippen LogP contribution in [0.2, 0.25) is 0 Å². The summed E-state index contributed by atoms with van der Waals surface area (Å²) in [7, 11) is 0. The molecule has 110 valence electrons. The third-order valence-electron chi connectivity index (χ3n) is 3.53. The van der Waals surface area contributed by atoms with E-state index in [1.54, 1.807) is 0 Å². The lowest BCUT2D eigenvalue weighted by Crippen LogP contribution is -2.15. The van der Waals surface area contributed by atoms with Gasteiger partial charge >= 0.3 is 0 Å². The van der Waals surface area contributed by atoms with Crippen molar-refractivity contribution in [1.29, 1.82) is 0 Å². The van der Waals surface area contributed by atoms with Crippen LogP contribution in [0.4, 0.5) is 8.78 Å². The Balaban J connectivity index is 0.000000873. The van der Waals surface area contributed by atoms with Crippen molar-refractivity contribution in [2.24, 2.45) is 5.92 Å². The fourth-order valence-electron chi connectivity index (χ4n) is 2.51. The molecule has 2 heteroatoms. The number of halogens is 2. The number of rotatable bonds is 7. The summed E-state index contributed by atoms with van der Waals surface area (Å²) in [6.45, 7) is 6.22. The molecule has 0 heterocycles. The van der Waals surface area contributed by atoms with Crippen molar-refractivity contribution in [1.82, 2.24) is 0 Å². The fourth-order valence-corrected chi connectivity index (χ4v) is 2.51. The maximum atomic E-state index is 13.3. The molecule has 1 rings (SSSR count). The number of alkyl halides is 2. The van der Waals surface area contributed by atoms with Gasteiger partial charge in [0.15, 0.2) is 0 Å². The normalized spacial score (nSPS) is 16.5. The summed E-state index contributed by atoms with van der Waals surface area (Å²) >= 11 is 0. The molecule has 1 aliphatic carbocycles. The van der Waals surface area contributed by atoms with Crippen LogP contribution in [0.1, 0.15) is 91.4 Å². The summed E-state index contributed by atoms with van der Waals surface area (Å²) in [6.07, 6.45) is 9.93. The molecule has 0 atom stereocenters.